The number of piperazine rings is 1. The first-order valence-corrected chi connectivity index (χ1v) is 6.91. The Morgan fingerprint density at radius 2 is 2.28 bits per heavy atom. The summed E-state index contributed by atoms with van der Waals surface area (Å²) in [5, 5.41) is 4.06. The Hall–Kier alpha value is -1.00. The van der Waals surface area contributed by atoms with E-state index in [1.807, 2.05) is 4.90 Å². The Morgan fingerprint density at radius 3 is 2.83 bits per heavy atom. The first-order valence-electron chi connectivity index (χ1n) is 6.54. The summed E-state index contributed by atoms with van der Waals surface area (Å²) >= 11 is 5.86. The van der Waals surface area contributed by atoms with Crippen LogP contribution in [-0.4, -0.2) is 41.0 Å². The lowest BCUT2D eigenvalue weighted by atomic mass is 10.0. The third kappa shape index (κ3) is 2.70. The summed E-state index contributed by atoms with van der Waals surface area (Å²) in [5.41, 5.74) is 0.579. The predicted octanol–water partition coefficient (Wildman–Crippen LogP) is 2.27. The van der Waals surface area contributed by atoms with Gasteiger partial charge in [0.05, 0.1) is 5.02 Å². The quantitative estimate of drug-likeness (QED) is 0.884. The van der Waals surface area contributed by atoms with Crippen molar-refractivity contribution in [3.8, 4) is 0 Å². The van der Waals surface area contributed by atoms with Gasteiger partial charge in [0.2, 0.25) is 0 Å². The van der Waals surface area contributed by atoms with Crippen LogP contribution < -0.4 is 5.32 Å². The van der Waals surface area contributed by atoms with Gasteiger partial charge >= 0.3 is 0 Å². The molecule has 100 valence electrons. The molecule has 1 amide bonds. The molecule has 0 saturated carbocycles. The monoisotopic (exact) mass is 269 g/mol. The van der Waals surface area contributed by atoms with Gasteiger partial charge in [0, 0.05) is 31.4 Å². The molecule has 0 radical (unpaired) electrons. The molecular weight excluding hydrogens is 250 g/mol. The largest absolute Gasteiger partial charge is 0.356 e. The van der Waals surface area contributed by atoms with Gasteiger partial charge in [-0.05, 0) is 18.9 Å². The van der Waals surface area contributed by atoms with Crippen LogP contribution >= 0.6 is 11.6 Å². The zero-order valence-electron chi connectivity index (χ0n) is 10.9. The topological polar surface area (TPSA) is 48.1 Å². The Balaban J connectivity index is 2.14. The van der Waals surface area contributed by atoms with Crippen molar-refractivity contribution in [2.24, 2.45) is 0 Å². The van der Waals surface area contributed by atoms with Gasteiger partial charge in [-0.15, -0.1) is 0 Å². The molecular formula is C13H20ClN3O. The molecule has 1 aromatic heterocycles. The highest BCUT2D eigenvalue weighted by Crippen LogP contribution is 2.17. The van der Waals surface area contributed by atoms with Crippen LogP contribution in [0.4, 0.5) is 0 Å². The standard InChI is InChI=1S/C13H20ClN3O/c1-3-10-8-17(11(4-2)7-15-10)13(18)12-5-9(14)6-16-12/h5-6,10-11,15-16H,3-4,7-8H2,1-2H3. The fraction of sp³-hybridized carbons (Fsp3) is 0.615. The molecule has 2 rings (SSSR count). The summed E-state index contributed by atoms with van der Waals surface area (Å²) < 4.78 is 0. The van der Waals surface area contributed by atoms with E-state index < -0.39 is 0 Å². The number of halogens is 1. The Bertz CT molecular complexity index is 418. The molecule has 1 fully saturated rings. The lowest BCUT2D eigenvalue weighted by Crippen LogP contribution is -2.57. The van der Waals surface area contributed by atoms with Gasteiger partial charge < -0.3 is 15.2 Å². The Labute approximate surface area is 113 Å². The van der Waals surface area contributed by atoms with Crippen LogP contribution in [0.3, 0.4) is 0 Å². The van der Waals surface area contributed by atoms with Crippen LogP contribution in [0.1, 0.15) is 37.2 Å². The highest BCUT2D eigenvalue weighted by atomic mass is 35.5. The smallest absolute Gasteiger partial charge is 0.270 e. The third-order valence-electron chi connectivity index (χ3n) is 3.60. The summed E-state index contributed by atoms with van der Waals surface area (Å²) in [4.78, 5) is 17.4. The zero-order valence-corrected chi connectivity index (χ0v) is 11.6. The minimum absolute atomic E-state index is 0.0497. The van der Waals surface area contributed by atoms with Crippen molar-refractivity contribution in [3.63, 3.8) is 0 Å². The maximum Gasteiger partial charge on any atom is 0.270 e. The summed E-state index contributed by atoms with van der Waals surface area (Å²) in [6.07, 6.45) is 3.64. The Kier molecular flexibility index (Phi) is 4.30. The van der Waals surface area contributed by atoms with Crippen LogP contribution in [0.5, 0.6) is 0 Å². The number of carbonyl (C=O) groups is 1. The highest BCUT2D eigenvalue weighted by Gasteiger charge is 2.30. The molecule has 2 unspecified atom stereocenters. The van der Waals surface area contributed by atoms with Gasteiger partial charge in [0.1, 0.15) is 5.69 Å². The molecule has 0 bridgehead atoms. The number of carbonyl (C=O) groups excluding carboxylic acids is 1. The molecule has 1 aromatic rings. The second-order valence-electron chi connectivity index (χ2n) is 4.76. The number of amides is 1. The van der Waals surface area contributed by atoms with Crippen LogP contribution in [-0.2, 0) is 0 Å². The first-order chi connectivity index (χ1) is 8.65. The van der Waals surface area contributed by atoms with Gasteiger partial charge in [0.25, 0.3) is 5.91 Å². The van der Waals surface area contributed by atoms with E-state index in [4.69, 9.17) is 11.6 Å². The fourth-order valence-electron chi connectivity index (χ4n) is 2.40. The molecule has 1 aliphatic rings. The SMILES string of the molecule is CCC1CN(C(=O)c2cc(Cl)c[nH]2)C(CC)CN1. The van der Waals surface area contributed by atoms with Crippen molar-refractivity contribution in [3.05, 3.63) is 23.0 Å². The first kappa shape index (κ1) is 13.4. The lowest BCUT2D eigenvalue weighted by Gasteiger charge is -2.39. The number of H-pyrrole nitrogens is 1. The summed E-state index contributed by atoms with van der Waals surface area (Å²) in [5.74, 6) is 0.0497. The molecule has 0 aliphatic carbocycles. The van der Waals surface area contributed by atoms with Crippen molar-refractivity contribution in [1.29, 1.82) is 0 Å². The molecule has 2 atom stereocenters. The molecule has 0 aromatic carbocycles. The summed E-state index contributed by atoms with van der Waals surface area (Å²) in [6, 6.07) is 2.35. The molecule has 1 saturated heterocycles. The summed E-state index contributed by atoms with van der Waals surface area (Å²) in [7, 11) is 0. The van der Waals surface area contributed by atoms with E-state index >= 15 is 0 Å². The number of hydrogen-bond donors (Lipinski definition) is 2. The van der Waals surface area contributed by atoms with Gasteiger partial charge in [-0.1, -0.05) is 25.4 Å². The molecule has 2 heterocycles. The van der Waals surface area contributed by atoms with Crippen LogP contribution in [0.2, 0.25) is 5.02 Å². The van der Waals surface area contributed by atoms with E-state index in [0.29, 0.717) is 16.8 Å². The molecule has 4 nitrogen and oxygen atoms in total. The van der Waals surface area contributed by atoms with Crippen molar-refractivity contribution >= 4 is 17.5 Å². The fourth-order valence-corrected chi connectivity index (χ4v) is 2.56. The van der Waals surface area contributed by atoms with Crippen molar-refractivity contribution in [2.75, 3.05) is 13.1 Å². The van der Waals surface area contributed by atoms with Gasteiger partial charge in [-0.3, -0.25) is 4.79 Å². The maximum absolute atomic E-state index is 12.5. The summed E-state index contributed by atoms with van der Waals surface area (Å²) in [6.45, 7) is 5.89. The van der Waals surface area contributed by atoms with Gasteiger partial charge in [-0.25, -0.2) is 0 Å². The van der Waals surface area contributed by atoms with Crippen molar-refractivity contribution in [2.45, 2.75) is 38.8 Å². The Morgan fingerprint density at radius 1 is 1.50 bits per heavy atom. The average molecular weight is 270 g/mol. The van der Waals surface area contributed by atoms with Gasteiger partial charge in [0.15, 0.2) is 0 Å². The minimum Gasteiger partial charge on any atom is -0.356 e. The van der Waals surface area contributed by atoms with Crippen molar-refractivity contribution in [1.82, 2.24) is 15.2 Å². The normalized spacial score (nSPS) is 24.3. The van der Waals surface area contributed by atoms with Crippen LogP contribution in [0.25, 0.3) is 0 Å². The number of hydrogen-bond acceptors (Lipinski definition) is 2. The van der Waals surface area contributed by atoms with E-state index in [1.54, 1.807) is 12.3 Å². The third-order valence-corrected chi connectivity index (χ3v) is 3.82. The maximum atomic E-state index is 12.5. The predicted molar refractivity (Wildman–Crippen MR) is 73.0 cm³/mol. The highest BCUT2D eigenvalue weighted by molar-refractivity contribution is 6.30. The zero-order chi connectivity index (χ0) is 13.1. The van der Waals surface area contributed by atoms with E-state index in [0.717, 1.165) is 25.9 Å². The lowest BCUT2D eigenvalue weighted by molar-refractivity contribution is 0.0570. The molecule has 5 heteroatoms. The minimum atomic E-state index is 0.0497. The number of rotatable bonds is 3. The van der Waals surface area contributed by atoms with E-state index in [9.17, 15) is 4.79 Å². The molecule has 0 spiro atoms. The van der Waals surface area contributed by atoms with Gasteiger partial charge in [-0.2, -0.15) is 0 Å². The van der Waals surface area contributed by atoms with E-state index in [2.05, 4.69) is 24.1 Å². The number of aromatic nitrogens is 1. The molecule has 2 N–H and O–H groups in total. The second-order valence-corrected chi connectivity index (χ2v) is 5.20. The average Bonchev–Trinajstić information content (AvgIpc) is 2.83. The number of aromatic amines is 1. The second kappa shape index (κ2) is 5.76. The van der Waals surface area contributed by atoms with Crippen LogP contribution in [0, 0.1) is 0 Å². The molecule has 18 heavy (non-hydrogen) atoms. The van der Waals surface area contributed by atoms with E-state index in [-0.39, 0.29) is 11.9 Å². The number of nitrogens with one attached hydrogen (secondary N) is 2. The molecule has 1 aliphatic heterocycles. The van der Waals surface area contributed by atoms with Crippen molar-refractivity contribution < 1.29 is 4.79 Å². The number of nitrogens with zero attached hydrogens (tertiary/aromatic N) is 1. The van der Waals surface area contributed by atoms with E-state index in [1.165, 1.54) is 0 Å². The van der Waals surface area contributed by atoms with Crippen LogP contribution in [0.15, 0.2) is 12.3 Å².